The SMILES string of the molecule is CC(C)(C)SC(=O)[C@H](CCCOCc1ccccc1)CCC(=O)O. The molecule has 1 N–H and O–H groups in total. The second kappa shape index (κ2) is 10.5. The van der Waals surface area contributed by atoms with Crippen molar-refractivity contribution in [2.24, 2.45) is 5.92 Å². The molecule has 1 rings (SSSR count). The van der Waals surface area contributed by atoms with Gasteiger partial charge in [-0.2, -0.15) is 0 Å². The molecule has 0 unspecified atom stereocenters. The van der Waals surface area contributed by atoms with Crippen LogP contribution >= 0.6 is 11.8 Å². The molecule has 0 aliphatic rings. The molecule has 0 radical (unpaired) electrons. The van der Waals surface area contributed by atoms with Crippen molar-refractivity contribution in [3.8, 4) is 0 Å². The molecule has 0 bridgehead atoms. The van der Waals surface area contributed by atoms with Gasteiger partial charge in [-0.1, -0.05) is 62.9 Å². The van der Waals surface area contributed by atoms with Crippen molar-refractivity contribution in [2.45, 2.75) is 57.8 Å². The smallest absolute Gasteiger partial charge is 0.303 e. The Hall–Kier alpha value is -1.33. The van der Waals surface area contributed by atoms with E-state index in [2.05, 4.69) is 0 Å². The maximum atomic E-state index is 12.4. The van der Waals surface area contributed by atoms with E-state index in [-0.39, 0.29) is 22.2 Å². The lowest BCUT2D eigenvalue weighted by Gasteiger charge is -2.21. The van der Waals surface area contributed by atoms with Crippen molar-refractivity contribution in [2.75, 3.05) is 6.61 Å². The van der Waals surface area contributed by atoms with E-state index in [0.29, 0.717) is 26.1 Å². The van der Waals surface area contributed by atoms with Crippen LogP contribution in [0.4, 0.5) is 0 Å². The van der Waals surface area contributed by atoms with Gasteiger partial charge < -0.3 is 9.84 Å². The summed E-state index contributed by atoms with van der Waals surface area (Å²) in [6.07, 6.45) is 1.86. The first-order valence-electron chi connectivity index (χ1n) is 8.34. The van der Waals surface area contributed by atoms with Gasteiger partial charge in [-0.15, -0.1) is 0 Å². The van der Waals surface area contributed by atoms with Gasteiger partial charge in [-0.25, -0.2) is 0 Å². The van der Waals surface area contributed by atoms with Gasteiger partial charge in [0.05, 0.1) is 6.61 Å². The Balaban J connectivity index is 2.37. The Labute approximate surface area is 149 Å². The van der Waals surface area contributed by atoms with E-state index in [1.165, 1.54) is 11.8 Å². The number of carbonyl (C=O) groups excluding carboxylic acids is 1. The summed E-state index contributed by atoms with van der Waals surface area (Å²) in [4.78, 5) is 23.2. The van der Waals surface area contributed by atoms with Crippen LogP contribution in [0.3, 0.4) is 0 Å². The number of carboxylic acid groups (broad SMARTS) is 1. The third kappa shape index (κ3) is 9.73. The van der Waals surface area contributed by atoms with Crippen molar-refractivity contribution in [3.05, 3.63) is 35.9 Å². The normalized spacial score (nSPS) is 12.8. The molecule has 0 aromatic heterocycles. The fourth-order valence-electron chi connectivity index (χ4n) is 2.26. The summed E-state index contributed by atoms with van der Waals surface area (Å²) in [6.45, 7) is 7.11. The van der Waals surface area contributed by atoms with Crippen molar-refractivity contribution in [3.63, 3.8) is 0 Å². The fourth-order valence-corrected chi connectivity index (χ4v) is 3.26. The second-order valence-corrected chi connectivity index (χ2v) is 8.67. The molecule has 0 aliphatic heterocycles. The van der Waals surface area contributed by atoms with Crippen molar-refractivity contribution in [1.82, 2.24) is 0 Å². The minimum Gasteiger partial charge on any atom is -0.481 e. The lowest BCUT2D eigenvalue weighted by molar-refractivity contribution is -0.137. The molecule has 4 nitrogen and oxygen atoms in total. The summed E-state index contributed by atoms with van der Waals surface area (Å²) in [7, 11) is 0. The minimum absolute atomic E-state index is 0.0337. The Morgan fingerprint density at radius 3 is 2.42 bits per heavy atom. The minimum atomic E-state index is -0.853. The monoisotopic (exact) mass is 352 g/mol. The van der Waals surface area contributed by atoms with Crippen molar-refractivity contribution < 1.29 is 19.4 Å². The van der Waals surface area contributed by atoms with Crippen LogP contribution in [-0.4, -0.2) is 27.5 Å². The average molecular weight is 352 g/mol. The molecule has 0 spiro atoms. The van der Waals surface area contributed by atoms with Crippen LogP contribution < -0.4 is 0 Å². The van der Waals surface area contributed by atoms with E-state index in [0.717, 1.165) is 12.0 Å². The van der Waals surface area contributed by atoms with E-state index in [4.69, 9.17) is 9.84 Å². The Bertz CT molecular complexity index is 508. The molecule has 24 heavy (non-hydrogen) atoms. The van der Waals surface area contributed by atoms with Crippen LogP contribution in [0.15, 0.2) is 30.3 Å². The van der Waals surface area contributed by atoms with E-state index in [9.17, 15) is 9.59 Å². The summed E-state index contributed by atoms with van der Waals surface area (Å²) in [6, 6.07) is 9.94. The molecule has 0 saturated carbocycles. The average Bonchev–Trinajstić information content (AvgIpc) is 2.49. The van der Waals surface area contributed by atoms with E-state index in [1.54, 1.807) is 0 Å². The zero-order valence-corrected chi connectivity index (χ0v) is 15.6. The first-order valence-corrected chi connectivity index (χ1v) is 9.16. The number of aliphatic carboxylic acids is 1. The molecule has 134 valence electrons. The van der Waals surface area contributed by atoms with Gasteiger partial charge in [0.25, 0.3) is 0 Å². The van der Waals surface area contributed by atoms with Crippen LogP contribution in [0.2, 0.25) is 0 Å². The Kier molecular flexibility index (Phi) is 9.08. The molecule has 0 fully saturated rings. The molecular weight excluding hydrogens is 324 g/mol. The van der Waals surface area contributed by atoms with Gasteiger partial charge >= 0.3 is 5.97 Å². The van der Waals surface area contributed by atoms with Gasteiger partial charge in [0.1, 0.15) is 0 Å². The Morgan fingerprint density at radius 1 is 1.17 bits per heavy atom. The highest BCUT2D eigenvalue weighted by Gasteiger charge is 2.25. The van der Waals surface area contributed by atoms with Crippen molar-refractivity contribution in [1.29, 1.82) is 0 Å². The summed E-state index contributed by atoms with van der Waals surface area (Å²) >= 11 is 1.30. The second-order valence-electron chi connectivity index (χ2n) is 6.84. The molecule has 5 heteroatoms. The van der Waals surface area contributed by atoms with E-state index < -0.39 is 5.97 Å². The standard InChI is InChI=1S/C19H28O4S/c1-19(2,3)24-18(22)16(11-12-17(20)21)10-7-13-23-14-15-8-5-4-6-9-15/h4-6,8-9,16H,7,10-14H2,1-3H3,(H,20,21)/t16-/m1/s1. The van der Waals surface area contributed by atoms with Crippen molar-refractivity contribution >= 4 is 22.8 Å². The highest BCUT2D eigenvalue weighted by Crippen LogP contribution is 2.30. The molecule has 0 heterocycles. The van der Waals surface area contributed by atoms with Crippen LogP contribution in [0.5, 0.6) is 0 Å². The molecular formula is C19H28O4S. The van der Waals surface area contributed by atoms with Gasteiger partial charge in [0.15, 0.2) is 5.12 Å². The van der Waals surface area contributed by atoms with Crippen LogP contribution in [0.25, 0.3) is 0 Å². The number of hydrogen-bond acceptors (Lipinski definition) is 4. The molecule has 1 aromatic rings. The zero-order valence-electron chi connectivity index (χ0n) is 14.8. The number of carbonyl (C=O) groups is 2. The predicted molar refractivity (Wildman–Crippen MR) is 98.0 cm³/mol. The number of ether oxygens (including phenoxy) is 1. The first kappa shape index (κ1) is 20.7. The molecule has 1 aromatic carbocycles. The van der Waals surface area contributed by atoms with E-state index >= 15 is 0 Å². The van der Waals surface area contributed by atoms with Crippen LogP contribution in [0, 0.1) is 5.92 Å². The maximum absolute atomic E-state index is 12.4. The Morgan fingerprint density at radius 2 is 1.83 bits per heavy atom. The fraction of sp³-hybridized carbons (Fsp3) is 0.579. The third-order valence-electron chi connectivity index (χ3n) is 3.40. The summed E-state index contributed by atoms with van der Waals surface area (Å²) in [5.74, 6) is -1.07. The predicted octanol–water partition coefficient (Wildman–Crippen LogP) is 4.52. The molecule has 1 atom stereocenters. The lowest BCUT2D eigenvalue weighted by atomic mass is 9.99. The highest BCUT2D eigenvalue weighted by atomic mass is 32.2. The van der Waals surface area contributed by atoms with E-state index in [1.807, 2.05) is 51.1 Å². The first-order chi connectivity index (χ1) is 11.3. The van der Waals surface area contributed by atoms with Gasteiger partial charge in [-0.3, -0.25) is 9.59 Å². The van der Waals surface area contributed by atoms with Gasteiger partial charge in [0, 0.05) is 23.7 Å². The largest absolute Gasteiger partial charge is 0.481 e. The summed E-state index contributed by atoms with van der Waals surface area (Å²) in [5, 5.41) is 8.96. The number of thioether (sulfide) groups is 1. The number of hydrogen-bond donors (Lipinski definition) is 1. The van der Waals surface area contributed by atoms with Crippen LogP contribution in [-0.2, 0) is 20.9 Å². The summed E-state index contributed by atoms with van der Waals surface area (Å²) in [5.41, 5.74) is 1.12. The van der Waals surface area contributed by atoms with Gasteiger partial charge in [-0.05, 0) is 24.8 Å². The molecule has 0 aliphatic carbocycles. The quantitative estimate of drug-likeness (QED) is 0.627. The highest BCUT2D eigenvalue weighted by molar-refractivity contribution is 8.14. The molecule has 0 amide bonds. The topological polar surface area (TPSA) is 63.6 Å². The van der Waals surface area contributed by atoms with Gasteiger partial charge in [0.2, 0.25) is 0 Å². The number of benzene rings is 1. The third-order valence-corrected chi connectivity index (χ3v) is 4.55. The zero-order chi connectivity index (χ0) is 18.0. The number of rotatable bonds is 10. The lowest BCUT2D eigenvalue weighted by Crippen LogP contribution is -2.20. The number of carboxylic acids is 1. The molecule has 0 saturated heterocycles. The van der Waals surface area contributed by atoms with Crippen LogP contribution in [0.1, 0.15) is 52.0 Å². The summed E-state index contributed by atoms with van der Waals surface area (Å²) < 4.78 is 5.49. The maximum Gasteiger partial charge on any atom is 0.303 e.